The maximum Gasteiger partial charge on any atom is 0.127 e. The Balaban J connectivity index is 2.30. The van der Waals surface area contributed by atoms with Crippen LogP contribution in [0, 0.1) is 0 Å². The summed E-state index contributed by atoms with van der Waals surface area (Å²) < 4.78 is 6.09. The molecular weight excluding hydrogens is 320 g/mol. The maximum atomic E-state index is 10.1. The third-order valence-corrected chi connectivity index (χ3v) is 4.43. The lowest BCUT2D eigenvalue weighted by molar-refractivity contribution is 0.306. The van der Waals surface area contributed by atoms with Crippen LogP contribution in [0.15, 0.2) is 61.7 Å². The van der Waals surface area contributed by atoms with E-state index in [4.69, 9.17) is 4.74 Å². The molecule has 0 aliphatic heterocycles. The molecule has 2 heteroatoms. The molecule has 2 nitrogen and oxygen atoms in total. The Bertz CT molecular complexity index is 731. The van der Waals surface area contributed by atoms with Crippen molar-refractivity contribution in [1.29, 1.82) is 0 Å². The molecule has 138 valence electrons. The number of benzene rings is 2. The van der Waals surface area contributed by atoms with Crippen LogP contribution in [0.25, 0.3) is 11.1 Å². The minimum atomic E-state index is 0.304. The van der Waals surface area contributed by atoms with Gasteiger partial charge in [0, 0.05) is 5.56 Å². The van der Waals surface area contributed by atoms with Crippen LogP contribution < -0.4 is 4.74 Å². The first-order valence-electron chi connectivity index (χ1n) is 9.49. The molecule has 0 aromatic heterocycles. The Labute approximate surface area is 157 Å². The highest BCUT2D eigenvalue weighted by Gasteiger charge is 2.10. The van der Waals surface area contributed by atoms with Crippen molar-refractivity contribution in [2.75, 3.05) is 6.61 Å². The van der Waals surface area contributed by atoms with Crippen molar-refractivity contribution in [3.05, 3.63) is 72.8 Å². The largest absolute Gasteiger partial charge is 0.508 e. The number of ether oxygens (including phenoxy) is 1. The molecule has 0 saturated carbocycles. The molecule has 2 aromatic carbocycles. The highest BCUT2D eigenvalue weighted by Crippen LogP contribution is 2.34. The van der Waals surface area contributed by atoms with E-state index in [1.165, 1.54) is 24.8 Å². The summed E-state index contributed by atoms with van der Waals surface area (Å²) >= 11 is 0. The molecule has 0 fully saturated rings. The molecule has 1 N–H and O–H groups in total. The fourth-order valence-corrected chi connectivity index (χ4v) is 3.01. The summed E-state index contributed by atoms with van der Waals surface area (Å²) in [5, 5.41) is 10.1. The number of aromatic hydroxyl groups is 1. The quantitative estimate of drug-likeness (QED) is 0.371. The standard InChI is InChI=1S/C24H30O2/c1-4-7-8-9-16-26-24-15-12-19(10-5-2)17-22(24)20-13-14-23(25)21(18-20)11-6-3/h5-6,12-15,17-18,25H,2-4,7-11,16H2,1H3. The van der Waals surface area contributed by atoms with Gasteiger partial charge in [-0.1, -0.05) is 50.5 Å². The fourth-order valence-electron chi connectivity index (χ4n) is 3.01. The summed E-state index contributed by atoms with van der Waals surface area (Å²) in [6, 6.07) is 12.0. The fraction of sp³-hybridized carbons (Fsp3) is 0.333. The topological polar surface area (TPSA) is 29.5 Å². The third kappa shape index (κ3) is 5.52. The van der Waals surface area contributed by atoms with Gasteiger partial charge in [-0.05, 0) is 60.2 Å². The van der Waals surface area contributed by atoms with Gasteiger partial charge in [0.1, 0.15) is 11.5 Å². The van der Waals surface area contributed by atoms with Gasteiger partial charge in [-0.3, -0.25) is 0 Å². The minimum absolute atomic E-state index is 0.304. The van der Waals surface area contributed by atoms with Gasteiger partial charge >= 0.3 is 0 Å². The molecule has 2 aromatic rings. The molecule has 0 aliphatic carbocycles. The zero-order valence-electron chi connectivity index (χ0n) is 15.8. The molecule has 26 heavy (non-hydrogen) atoms. The van der Waals surface area contributed by atoms with Crippen molar-refractivity contribution >= 4 is 0 Å². The van der Waals surface area contributed by atoms with Gasteiger partial charge in [0.25, 0.3) is 0 Å². The summed E-state index contributed by atoms with van der Waals surface area (Å²) in [6.07, 6.45) is 9.91. The molecule has 2 rings (SSSR count). The Kier molecular flexibility index (Phi) is 8.01. The molecule has 0 aliphatic rings. The lowest BCUT2D eigenvalue weighted by atomic mass is 9.97. The van der Waals surface area contributed by atoms with Crippen molar-refractivity contribution < 1.29 is 9.84 Å². The number of hydrogen-bond donors (Lipinski definition) is 1. The molecule has 0 spiro atoms. The number of hydrogen-bond acceptors (Lipinski definition) is 2. The van der Waals surface area contributed by atoms with Crippen molar-refractivity contribution in [3.8, 4) is 22.6 Å². The molecular formula is C24H30O2. The lowest BCUT2D eigenvalue weighted by Gasteiger charge is -2.14. The SMILES string of the molecule is C=CCc1ccc(OCCCCCC)c(-c2ccc(O)c(CC=C)c2)c1. The van der Waals surface area contributed by atoms with Crippen LogP contribution in [0.2, 0.25) is 0 Å². The van der Waals surface area contributed by atoms with Crippen molar-refractivity contribution in [2.24, 2.45) is 0 Å². The predicted molar refractivity (Wildman–Crippen MR) is 111 cm³/mol. The van der Waals surface area contributed by atoms with Crippen molar-refractivity contribution in [1.82, 2.24) is 0 Å². The van der Waals surface area contributed by atoms with Gasteiger partial charge in [0.05, 0.1) is 6.61 Å². The summed E-state index contributed by atoms with van der Waals surface area (Å²) in [7, 11) is 0. The summed E-state index contributed by atoms with van der Waals surface area (Å²) in [4.78, 5) is 0. The van der Waals surface area contributed by atoms with Gasteiger partial charge in [0.2, 0.25) is 0 Å². The zero-order chi connectivity index (χ0) is 18.8. The smallest absolute Gasteiger partial charge is 0.127 e. The highest BCUT2D eigenvalue weighted by molar-refractivity contribution is 5.72. The van der Waals surface area contributed by atoms with Crippen LogP contribution in [-0.2, 0) is 12.8 Å². The first-order valence-corrected chi connectivity index (χ1v) is 9.49. The maximum absolute atomic E-state index is 10.1. The van der Waals surface area contributed by atoms with E-state index in [1.54, 1.807) is 12.1 Å². The van der Waals surface area contributed by atoms with E-state index in [1.807, 2.05) is 24.3 Å². The second kappa shape index (κ2) is 10.5. The summed E-state index contributed by atoms with van der Waals surface area (Å²) in [6.45, 7) is 10.5. The van der Waals surface area contributed by atoms with Crippen LogP contribution in [0.5, 0.6) is 11.5 Å². The Morgan fingerprint density at radius 1 is 0.962 bits per heavy atom. The second-order valence-corrected chi connectivity index (χ2v) is 6.57. The molecule has 0 atom stereocenters. The van der Waals surface area contributed by atoms with Crippen LogP contribution in [0.3, 0.4) is 0 Å². The molecule has 0 heterocycles. The van der Waals surface area contributed by atoms with Gasteiger partial charge in [-0.15, -0.1) is 13.2 Å². The minimum Gasteiger partial charge on any atom is -0.508 e. The van der Waals surface area contributed by atoms with E-state index < -0.39 is 0 Å². The molecule has 0 amide bonds. The number of phenolic OH excluding ortho intramolecular Hbond substituents is 1. The normalized spacial score (nSPS) is 10.5. The van der Waals surface area contributed by atoms with E-state index >= 15 is 0 Å². The van der Waals surface area contributed by atoms with Crippen LogP contribution >= 0.6 is 0 Å². The molecule has 0 unspecified atom stereocenters. The predicted octanol–water partition coefficient (Wildman–Crippen LogP) is 6.48. The van der Waals surface area contributed by atoms with Gasteiger partial charge in [0.15, 0.2) is 0 Å². The van der Waals surface area contributed by atoms with E-state index in [2.05, 4.69) is 32.2 Å². The summed E-state index contributed by atoms with van der Waals surface area (Å²) in [5.41, 5.74) is 4.19. The van der Waals surface area contributed by atoms with Gasteiger partial charge < -0.3 is 9.84 Å². The second-order valence-electron chi connectivity index (χ2n) is 6.57. The van der Waals surface area contributed by atoms with E-state index in [-0.39, 0.29) is 0 Å². The first-order chi connectivity index (χ1) is 12.7. The van der Waals surface area contributed by atoms with E-state index in [0.717, 1.165) is 41.9 Å². The number of unbranched alkanes of at least 4 members (excludes halogenated alkanes) is 3. The average Bonchev–Trinajstić information content (AvgIpc) is 2.65. The van der Waals surface area contributed by atoms with Crippen LogP contribution in [-0.4, -0.2) is 11.7 Å². The van der Waals surface area contributed by atoms with E-state index in [9.17, 15) is 5.11 Å². The van der Waals surface area contributed by atoms with Gasteiger partial charge in [-0.2, -0.15) is 0 Å². The number of allylic oxidation sites excluding steroid dienone is 2. The lowest BCUT2D eigenvalue weighted by Crippen LogP contribution is -2.00. The Morgan fingerprint density at radius 2 is 1.77 bits per heavy atom. The number of rotatable bonds is 11. The summed E-state index contributed by atoms with van der Waals surface area (Å²) in [5.74, 6) is 1.20. The first kappa shape index (κ1) is 19.8. The number of phenols is 1. The Morgan fingerprint density at radius 3 is 2.50 bits per heavy atom. The highest BCUT2D eigenvalue weighted by atomic mass is 16.5. The molecule has 0 saturated heterocycles. The Hall–Kier alpha value is -2.48. The van der Waals surface area contributed by atoms with Crippen LogP contribution in [0.4, 0.5) is 0 Å². The van der Waals surface area contributed by atoms with E-state index in [0.29, 0.717) is 12.2 Å². The average molecular weight is 351 g/mol. The zero-order valence-corrected chi connectivity index (χ0v) is 15.8. The molecule has 0 radical (unpaired) electrons. The van der Waals surface area contributed by atoms with Crippen LogP contribution in [0.1, 0.15) is 43.7 Å². The monoisotopic (exact) mass is 350 g/mol. The van der Waals surface area contributed by atoms with Gasteiger partial charge in [-0.25, -0.2) is 0 Å². The molecule has 0 bridgehead atoms. The third-order valence-electron chi connectivity index (χ3n) is 4.43. The van der Waals surface area contributed by atoms with Crippen molar-refractivity contribution in [2.45, 2.75) is 45.4 Å². The van der Waals surface area contributed by atoms with Crippen molar-refractivity contribution in [3.63, 3.8) is 0 Å².